The number of rotatable bonds is 6. The Bertz CT molecular complexity index is 317. The van der Waals surface area contributed by atoms with E-state index < -0.39 is 0 Å². The topological polar surface area (TPSA) is 21.3 Å². The molecular formula is C13H20FNO. The Labute approximate surface area is 96.8 Å². The van der Waals surface area contributed by atoms with Gasteiger partial charge in [-0.15, -0.1) is 0 Å². The van der Waals surface area contributed by atoms with Crippen LogP contribution in [0.2, 0.25) is 0 Å². The summed E-state index contributed by atoms with van der Waals surface area (Å²) in [5, 5.41) is 3.26. The molecule has 0 heterocycles. The Morgan fingerprint density at radius 1 is 1.31 bits per heavy atom. The summed E-state index contributed by atoms with van der Waals surface area (Å²) in [5.41, 5.74) is 0.700. The molecular weight excluding hydrogens is 205 g/mol. The summed E-state index contributed by atoms with van der Waals surface area (Å²) in [5.74, 6) is -0.161. The first-order chi connectivity index (χ1) is 7.65. The van der Waals surface area contributed by atoms with Crippen molar-refractivity contribution in [3.05, 3.63) is 35.6 Å². The largest absolute Gasteiger partial charge is 0.377 e. The Hall–Kier alpha value is -0.930. The number of benzene rings is 1. The predicted molar refractivity (Wildman–Crippen MR) is 63.9 cm³/mol. The van der Waals surface area contributed by atoms with Crippen LogP contribution in [0.15, 0.2) is 24.3 Å². The van der Waals surface area contributed by atoms with Crippen LogP contribution in [0, 0.1) is 5.82 Å². The van der Waals surface area contributed by atoms with Gasteiger partial charge in [0.25, 0.3) is 0 Å². The van der Waals surface area contributed by atoms with E-state index in [0.29, 0.717) is 12.2 Å². The molecule has 0 aromatic heterocycles. The zero-order chi connectivity index (χ0) is 12.0. The smallest absolute Gasteiger partial charge is 0.127 e. The average molecular weight is 225 g/mol. The van der Waals surface area contributed by atoms with E-state index in [2.05, 4.69) is 5.32 Å². The highest BCUT2D eigenvalue weighted by Crippen LogP contribution is 2.15. The van der Waals surface area contributed by atoms with Crippen LogP contribution in [-0.4, -0.2) is 19.3 Å². The van der Waals surface area contributed by atoms with Gasteiger partial charge in [-0.25, -0.2) is 4.39 Å². The third-order valence-corrected chi connectivity index (χ3v) is 2.53. The van der Waals surface area contributed by atoms with Crippen LogP contribution < -0.4 is 5.32 Å². The van der Waals surface area contributed by atoms with Crippen LogP contribution in [0.5, 0.6) is 0 Å². The average Bonchev–Trinajstić information content (AvgIpc) is 2.27. The molecule has 0 bridgehead atoms. The lowest BCUT2D eigenvalue weighted by Crippen LogP contribution is -2.29. The second-order valence-electron chi connectivity index (χ2n) is 3.92. The number of hydrogen-bond donors (Lipinski definition) is 1. The third kappa shape index (κ3) is 3.91. The zero-order valence-electron chi connectivity index (χ0n) is 10.2. The van der Waals surface area contributed by atoms with E-state index in [4.69, 9.17) is 4.74 Å². The number of hydrogen-bond acceptors (Lipinski definition) is 2. The van der Waals surface area contributed by atoms with E-state index in [1.165, 1.54) is 6.07 Å². The Balaban J connectivity index is 2.46. The van der Waals surface area contributed by atoms with E-state index in [1.54, 1.807) is 12.1 Å². The highest BCUT2D eigenvalue weighted by atomic mass is 19.1. The zero-order valence-corrected chi connectivity index (χ0v) is 10.2. The van der Waals surface area contributed by atoms with Gasteiger partial charge in [-0.2, -0.15) is 0 Å². The third-order valence-electron chi connectivity index (χ3n) is 2.53. The van der Waals surface area contributed by atoms with Crippen LogP contribution in [0.3, 0.4) is 0 Å². The van der Waals surface area contributed by atoms with Crippen LogP contribution in [0.25, 0.3) is 0 Å². The molecule has 1 aromatic rings. The van der Waals surface area contributed by atoms with Crippen molar-refractivity contribution in [1.82, 2.24) is 5.32 Å². The lowest BCUT2D eigenvalue weighted by molar-refractivity contribution is 0.0742. The quantitative estimate of drug-likeness (QED) is 0.803. The number of halogens is 1. The van der Waals surface area contributed by atoms with Crippen molar-refractivity contribution in [1.29, 1.82) is 0 Å². The first-order valence-electron chi connectivity index (χ1n) is 5.74. The minimum Gasteiger partial charge on any atom is -0.377 e. The molecule has 2 nitrogen and oxygen atoms in total. The molecule has 0 amide bonds. The molecule has 2 atom stereocenters. The first kappa shape index (κ1) is 13.1. The van der Waals surface area contributed by atoms with E-state index in [9.17, 15) is 4.39 Å². The number of ether oxygens (including phenoxy) is 1. The van der Waals surface area contributed by atoms with E-state index >= 15 is 0 Å². The molecule has 0 fully saturated rings. The summed E-state index contributed by atoms with van der Waals surface area (Å²) in [6, 6.07) is 6.85. The Morgan fingerprint density at radius 2 is 2.00 bits per heavy atom. The molecule has 90 valence electrons. The number of nitrogens with one attached hydrogen (secondary N) is 1. The van der Waals surface area contributed by atoms with Gasteiger partial charge in [-0.1, -0.05) is 18.2 Å². The van der Waals surface area contributed by atoms with Crippen LogP contribution in [0.4, 0.5) is 4.39 Å². The summed E-state index contributed by atoms with van der Waals surface area (Å²) in [6.45, 7) is 7.36. The van der Waals surface area contributed by atoms with Gasteiger partial charge in [0.2, 0.25) is 0 Å². The second kappa shape index (κ2) is 6.61. The Morgan fingerprint density at radius 3 is 2.62 bits per heavy atom. The van der Waals surface area contributed by atoms with E-state index in [1.807, 2.05) is 26.8 Å². The predicted octanol–water partition coefficient (Wildman–Crippen LogP) is 2.90. The molecule has 0 aliphatic rings. The fraction of sp³-hybridized carbons (Fsp3) is 0.538. The molecule has 0 saturated carbocycles. The lowest BCUT2D eigenvalue weighted by atomic mass is 10.1. The Kier molecular flexibility index (Phi) is 5.43. The summed E-state index contributed by atoms with van der Waals surface area (Å²) < 4.78 is 18.8. The molecule has 0 saturated heterocycles. The monoisotopic (exact) mass is 225 g/mol. The summed E-state index contributed by atoms with van der Waals surface area (Å²) in [4.78, 5) is 0. The van der Waals surface area contributed by atoms with Gasteiger partial charge in [-0.3, -0.25) is 0 Å². The summed E-state index contributed by atoms with van der Waals surface area (Å²) in [7, 11) is 0. The molecule has 0 radical (unpaired) electrons. The van der Waals surface area contributed by atoms with E-state index in [0.717, 1.165) is 6.54 Å². The highest BCUT2D eigenvalue weighted by molar-refractivity contribution is 5.20. The molecule has 16 heavy (non-hydrogen) atoms. The molecule has 3 heteroatoms. The van der Waals surface area contributed by atoms with Crippen molar-refractivity contribution in [3.8, 4) is 0 Å². The maximum atomic E-state index is 13.4. The molecule has 1 N–H and O–H groups in total. The van der Waals surface area contributed by atoms with Crippen molar-refractivity contribution < 1.29 is 9.13 Å². The fourth-order valence-electron chi connectivity index (χ4n) is 1.62. The van der Waals surface area contributed by atoms with Crippen molar-refractivity contribution in [2.75, 3.05) is 13.2 Å². The maximum Gasteiger partial charge on any atom is 0.127 e. The van der Waals surface area contributed by atoms with Gasteiger partial charge in [0.15, 0.2) is 0 Å². The SMILES string of the molecule is CCOC(C)CNC(C)c1ccccc1F. The van der Waals surface area contributed by atoms with E-state index in [-0.39, 0.29) is 18.0 Å². The normalized spacial score (nSPS) is 14.8. The van der Waals surface area contributed by atoms with Crippen molar-refractivity contribution >= 4 is 0 Å². The maximum absolute atomic E-state index is 13.4. The van der Waals surface area contributed by atoms with Crippen molar-refractivity contribution in [2.45, 2.75) is 32.9 Å². The molecule has 0 aliphatic heterocycles. The van der Waals surface area contributed by atoms with Crippen LogP contribution >= 0.6 is 0 Å². The summed E-state index contributed by atoms with van der Waals surface area (Å²) >= 11 is 0. The molecule has 2 unspecified atom stereocenters. The fourth-order valence-corrected chi connectivity index (χ4v) is 1.62. The van der Waals surface area contributed by atoms with Gasteiger partial charge < -0.3 is 10.1 Å². The van der Waals surface area contributed by atoms with Gasteiger partial charge in [0.05, 0.1) is 6.10 Å². The molecule has 0 aliphatic carbocycles. The van der Waals surface area contributed by atoms with Crippen LogP contribution in [0.1, 0.15) is 32.4 Å². The second-order valence-corrected chi connectivity index (χ2v) is 3.92. The van der Waals surface area contributed by atoms with Crippen LogP contribution in [-0.2, 0) is 4.74 Å². The molecule has 1 rings (SSSR count). The highest BCUT2D eigenvalue weighted by Gasteiger charge is 2.10. The van der Waals surface area contributed by atoms with Gasteiger partial charge in [0.1, 0.15) is 5.82 Å². The lowest BCUT2D eigenvalue weighted by Gasteiger charge is -2.18. The van der Waals surface area contributed by atoms with Crippen molar-refractivity contribution in [3.63, 3.8) is 0 Å². The molecule has 0 spiro atoms. The minimum atomic E-state index is -0.161. The summed E-state index contributed by atoms with van der Waals surface area (Å²) in [6.07, 6.45) is 0.152. The van der Waals surface area contributed by atoms with Gasteiger partial charge in [-0.05, 0) is 26.8 Å². The van der Waals surface area contributed by atoms with Gasteiger partial charge in [0, 0.05) is 24.8 Å². The minimum absolute atomic E-state index is 0.00380. The molecule has 1 aromatic carbocycles. The van der Waals surface area contributed by atoms with Gasteiger partial charge >= 0.3 is 0 Å². The van der Waals surface area contributed by atoms with Crippen molar-refractivity contribution in [2.24, 2.45) is 0 Å². The standard InChI is InChI=1S/C13H20FNO/c1-4-16-10(2)9-15-11(3)12-7-5-6-8-13(12)14/h5-8,10-11,15H,4,9H2,1-3H3. The first-order valence-corrected chi connectivity index (χ1v) is 5.74.